The average Bonchev–Trinajstić information content (AvgIpc) is 3.55. The second kappa shape index (κ2) is 13.8. The van der Waals surface area contributed by atoms with Crippen molar-refractivity contribution in [1.29, 1.82) is 0 Å². The lowest BCUT2D eigenvalue weighted by Crippen LogP contribution is -2.42. The SMILES string of the molecule is COCCO.COc1ccc(F)cc1CCn1c(=O)n(CCNC(C)=O)c(=O)c2c(C)c(-n3nccn3)sc21. The second-order valence-electron chi connectivity index (χ2n) is 8.33. The maximum Gasteiger partial charge on any atom is 0.332 e. The Balaban J connectivity index is 0.000000771. The summed E-state index contributed by atoms with van der Waals surface area (Å²) in [6.07, 6.45) is 3.35. The number of rotatable bonds is 10. The van der Waals surface area contributed by atoms with Crippen LogP contribution in [0.5, 0.6) is 5.75 Å². The third kappa shape index (κ3) is 6.96. The first-order chi connectivity index (χ1) is 18.7. The summed E-state index contributed by atoms with van der Waals surface area (Å²) in [6, 6.07) is 4.21. The van der Waals surface area contributed by atoms with E-state index in [0.29, 0.717) is 45.1 Å². The number of nitrogens with one attached hydrogen (secondary N) is 1. The summed E-state index contributed by atoms with van der Waals surface area (Å²) in [4.78, 5) is 39.9. The summed E-state index contributed by atoms with van der Waals surface area (Å²) in [5, 5.41) is 19.9. The van der Waals surface area contributed by atoms with Crippen molar-refractivity contribution in [3.8, 4) is 10.8 Å². The van der Waals surface area contributed by atoms with Gasteiger partial charge >= 0.3 is 5.69 Å². The lowest BCUT2D eigenvalue weighted by atomic mass is 10.1. The van der Waals surface area contributed by atoms with Gasteiger partial charge in [0, 0.05) is 39.2 Å². The van der Waals surface area contributed by atoms with Crippen molar-refractivity contribution in [2.75, 3.05) is 34.0 Å². The predicted octanol–water partition coefficient (Wildman–Crippen LogP) is 1.27. The van der Waals surface area contributed by atoms with E-state index in [2.05, 4.69) is 20.3 Å². The van der Waals surface area contributed by atoms with Crippen LogP contribution in [0, 0.1) is 12.7 Å². The van der Waals surface area contributed by atoms with Crippen molar-refractivity contribution in [3.63, 3.8) is 0 Å². The number of benzene rings is 1. The van der Waals surface area contributed by atoms with Gasteiger partial charge < -0.3 is 19.9 Å². The first-order valence-electron chi connectivity index (χ1n) is 12.0. The zero-order valence-electron chi connectivity index (χ0n) is 22.1. The zero-order valence-corrected chi connectivity index (χ0v) is 23.0. The molecule has 3 aromatic heterocycles. The normalized spacial score (nSPS) is 10.8. The molecule has 4 aromatic rings. The summed E-state index contributed by atoms with van der Waals surface area (Å²) < 4.78 is 26.2. The fourth-order valence-electron chi connectivity index (χ4n) is 3.90. The summed E-state index contributed by atoms with van der Waals surface area (Å²) in [7, 11) is 3.05. The van der Waals surface area contributed by atoms with E-state index in [1.165, 1.54) is 65.3 Å². The molecule has 4 rings (SSSR count). The Morgan fingerprint density at radius 2 is 1.87 bits per heavy atom. The first-order valence-corrected chi connectivity index (χ1v) is 12.8. The molecule has 0 unspecified atom stereocenters. The summed E-state index contributed by atoms with van der Waals surface area (Å²) in [5.41, 5.74) is 0.281. The molecular weight excluding hydrogens is 531 g/mol. The molecule has 0 fully saturated rings. The molecule has 0 bridgehead atoms. The Morgan fingerprint density at radius 3 is 2.46 bits per heavy atom. The molecule has 14 heteroatoms. The number of fused-ring (bicyclic) bond motifs is 1. The summed E-state index contributed by atoms with van der Waals surface area (Å²) in [5.74, 6) is -0.160. The standard InChI is InChI=1S/C22H23FN6O4S.C3H8O2/c1-13-18-19(31)27(11-9-24-14(2)30)22(32)28(21(18)34-20(13)29-25-7-8-26-29)10-6-15-12-16(23)4-5-17(15)33-3;1-5-3-2-4/h4-5,7-8,12H,6,9-11H2,1-3H3,(H,24,30);4H,2-3H2,1H3. The quantitative estimate of drug-likeness (QED) is 0.294. The molecule has 0 atom stereocenters. The van der Waals surface area contributed by atoms with Crippen molar-refractivity contribution in [2.45, 2.75) is 33.4 Å². The number of carbonyl (C=O) groups is 1. The number of nitrogens with zero attached hydrogens (tertiary/aromatic N) is 5. The molecule has 0 radical (unpaired) electrons. The van der Waals surface area contributed by atoms with Crippen molar-refractivity contribution in [1.82, 2.24) is 29.4 Å². The van der Waals surface area contributed by atoms with Crippen molar-refractivity contribution < 1.29 is 23.8 Å². The third-order valence-electron chi connectivity index (χ3n) is 5.72. The first kappa shape index (κ1) is 29.7. The highest BCUT2D eigenvalue weighted by Crippen LogP contribution is 2.30. The van der Waals surface area contributed by atoms with Crippen molar-refractivity contribution in [3.05, 3.63) is 68.4 Å². The Labute approximate surface area is 227 Å². The van der Waals surface area contributed by atoms with E-state index < -0.39 is 17.1 Å². The fraction of sp³-hybridized carbons (Fsp3) is 0.400. The van der Waals surface area contributed by atoms with Gasteiger partial charge in [0.15, 0.2) is 0 Å². The number of hydrogen-bond donors (Lipinski definition) is 2. The van der Waals surface area contributed by atoms with Gasteiger partial charge in [0.1, 0.15) is 21.4 Å². The van der Waals surface area contributed by atoms with Crippen LogP contribution < -0.4 is 21.3 Å². The summed E-state index contributed by atoms with van der Waals surface area (Å²) >= 11 is 1.23. The molecule has 1 amide bonds. The molecule has 3 heterocycles. The summed E-state index contributed by atoms with van der Waals surface area (Å²) in [6.45, 7) is 4.04. The van der Waals surface area contributed by atoms with Gasteiger partial charge in [-0.25, -0.2) is 9.18 Å². The topological polar surface area (TPSA) is 142 Å². The Bertz CT molecular complexity index is 1530. The van der Waals surface area contributed by atoms with Crippen LogP contribution in [0.3, 0.4) is 0 Å². The maximum atomic E-state index is 13.9. The monoisotopic (exact) mass is 562 g/mol. The molecule has 0 spiro atoms. The number of carbonyl (C=O) groups excluding carboxylic acids is 1. The molecule has 0 aliphatic rings. The van der Waals surface area contributed by atoms with Crippen LogP contribution in [-0.2, 0) is 29.0 Å². The Kier molecular flexibility index (Phi) is 10.5. The van der Waals surface area contributed by atoms with E-state index in [1.54, 1.807) is 14.0 Å². The number of aromatic nitrogens is 5. The van der Waals surface area contributed by atoms with Crippen LogP contribution in [-0.4, -0.2) is 69.1 Å². The van der Waals surface area contributed by atoms with Gasteiger partial charge in [-0.3, -0.25) is 18.7 Å². The van der Waals surface area contributed by atoms with E-state index in [9.17, 15) is 18.8 Å². The minimum absolute atomic E-state index is 0.0150. The fourth-order valence-corrected chi connectivity index (χ4v) is 5.13. The highest BCUT2D eigenvalue weighted by molar-refractivity contribution is 7.21. The Hall–Kier alpha value is -3.88. The van der Waals surface area contributed by atoms with Crippen molar-refractivity contribution >= 4 is 27.5 Å². The van der Waals surface area contributed by atoms with Gasteiger partial charge in [0.25, 0.3) is 5.56 Å². The molecule has 0 saturated carbocycles. The Morgan fingerprint density at radius 1 is 1.15 bits per heavy atom. The second-order valence-corrected chi connectivity index (χ2v) is 9.30. The van der Waals surface area contributed by atoms with Crippen LogP contribution in [0.1, 0.15) is 18.1 Å². The van der Waals surface area contributed by atoms with Gasteiger partial charge in [-0.1, -0.05) is 11.3 Å². The minimum atomic E-state index is -0.514. The van der Waals surface area contributed by atoms with Gasteiger partial charge in [-0.05, 0) is 37.1 Å². The molecule has 2 N–H and O–H groups in total. The molecule has 210 valence electrons. The molecule has 0 aliphatic carbocycles. The van der Waals surface area contributed by atoms with Gasteiger partial charge in [0.2, 0.25) is 5.91 Å². The molecule has 0 aliphatic heterocycles. The van der Waals surface area contributed by atoms with Crippen molar-refractivity contribution in [2.24, 2.45) is 0 Å². The van der Waals surface area contributed by atoms with Crippen LogP contribution in [0.25, 0.3) is 15.2 Å². The number of ether oxygens (including phenoxy) is 2. The zero-order chi connectivity index (χ0) is 28.5. The predicted molar refractivity (Wildman–Crippen MR) is 144 cm³/mol. The lowest BCUT2D eigenvalue weighted by Gasteiger charge is -2.14. The smallest absolute Gasteiger partial charge is 0.332 e. The van der Waals surface area contributed by atoms with Crippen LogP contribution in [0.2, 0.25) is 0 Å². The van der Waals surface area contributed by atoms with E-state index in [-0.39, 0.29) is 32.1 Å². The van der Waals surface area contributed by atoms with Gasteiger partial charge in [-0.15, -0.1) is 4.80 Å². The average molecular weight is 563 g/mol. The molecule has 1 aromatic carbocycles. The number of thiophene rings is 1. The molecule has 0 saturated heterocycles. The number of halogens is 1. The molecular formula is C25H31FN6O6S. The minimum Gasteiger partial charge on any atom is -0.496 e. The van der Waals surface area contributed by atoms with Gasteiger partial charge in [0.05, 0.1) is 38.1 Å². The van der Waals surface area contributed by atoms with E-state index in [1.807, 2.05) is 0 Å². The van der Waals surface area contributed by atoms with E-state index >= 15 is 0 Å². The number of methoxy groups -OCH3 is 2. The van der Waals surface area contributed by atoms with Crippen LogP contribution in [0.15, 0.2) is 40.2 Å². The maximum absolute atomic E-state index is 13.9. The van der Waals surface area contributed by atoms with Crippen LogP contribution >= 0.6 is 11.3 Å². The number of aliphatic hydroxyl groups is 1. The number of amides is 1. The molecule has 12 nitrogen and oxygen atoms in total. The molecule has 39 heavy (non-hydrogen) atoms. The van der Waals surface area contributed by atoms with Gasteiger partial charge in [-0.2, -0.15) is 10.2 Å². The third-order valence-corrected chi connectivity index (χ3v) is 7.00. The van der Waals surface area contributed by atoms with Crippen LogP contribution in [0.4, 0.5) is 4.39 Å². The highest BCUT2D eigenvalue weighted by Gasteiger charge is 2.22. The highest BCUT2D eigenvalue weighted by atomic mass is 32.1. The number of hydrogen-bond acceptors (Lipinski definition) is 9. The van der Waals surface area contributed by atoms with E-state index in [4.69, 9.17) is 9.84 Å². The number of aliphatic hydroxyl groups excluding tert-OH is 1. The lowest BCUT2D eigenvalue weighted by molar-refractivity contribution is -0.118. The largest absolute Gasteiger partial charge is 0.496 e. The van der Waals surface area contributed by atoms with E-state index in [0.717, 1.165) is 4.57 Å². The number of aryl methyl sites for hydroxylation is 3.